The number of fused-ring (bicyclic) bond motifs is 1. The average molecular weight is 519 g/mol. The van der Waals surface area contributed by atoms with Crippen LogP contribution in [0.2, 0.25) is 5.02 Å². The van der Waals surface area contributed by atoms with Crippen molar-refractivity contribution in [2.24, 2.45) is 4.99 Å². The van der Waals surface area contributed by atoms with Gasteiger partial charge in [-0.05, 0) is 33.3 Å². The van der Waals surface area contributed by atoms with Crippen LogP contribution >= 0.6 is 11.6 Å². The van der Waals surface area contributed by atoms with Crippen LogP contribution < -0.4 is 25.4 Å². The van der Waals surface area contributed by atoms with Crippen molar-refractivity contribution in [1.82, 2.24) is 20.5 Å². The van der Waals surface area contributed by atoms with Gasteiger partial charge in [0.1, 0.15) is 29.1 Å². The van der Waals surface area contributed by atoms with Gasteiger partial charge in [-0.3, -0.25) is 9.89 Å². The van der Waals surface area contributed by atoms with Crippen molar-refractivity contribution >= 4 is 29.9 Å². The molecule has 4 N–H and O–H groups in total. The van der Waals surface area contributed by atoms with Crippen molar-refractivity contribution in [3.63, 3.8) is 0 Å². The summed E-state index contributed by atoms with van der Waals surface area (Å²) in [6.45, 7) is 7.95. The van der Waals surface area contributed by atoms with E-state index in [0.717, 1.165) is 41.4 Å². The highest BCUT2D eigenvalue weighted by Gasteiger charge is 2.44. The number of methoxy groups -OCH3 is 2. The number of aliphatic imine (C=N–C) groups is 1. The molecule has 0 spiro atoms. The quantitative estimate of drug-likeness (QED) is 0.419. The minimum absolute atomic E-state index is 0.246. The van der Waals surface area contributed by atoms with E-state index in [1.165, 1.54) is 0 Å². The largest absolute Gasteiger partial charge is 0.497 e. The van der Waals surface area contributed by atoms with Crippen LogP contribution in [-0.4, -0.2) is 67.3 Å². The van der Waals surface area contributed by atoms with Gasteiger partial charge in [0.25, 0.3) is 0 Å². The summed E-state index contributed by atoms with van der Waals surface area (Å²) < 4.78 is 16.4. The molecule has 2 aliphatic rings. The molecule has 1 aromatic carbocycles. The van der Waals surface area contributed by atoms with E-state index in [1.807, 2.05) is 39.0 Å². The van der Waals surface area contributed by atoms with Gasteiger partial charge in [0.2, 0.25) is 0 Å². The highest BCUT2D eigenvalue weighted by atomic mass is 35.5. The Bertz CT molecular complexity index is 1110. The SMILES string of the molecule is COc1ccc(CNCC2(NC(=O)OC(C)(C)C)CCN([C@H]3N=CNc4[nH]cc(Cl)c43)C2)c(OC)c1. The van der Waals surface area contributed by atoms with Crippen LogP contribution in [0.25, 0.3) is 0 Å². The van der Waals surface area contributed by atoms with E-state index in [-0.39, 0.29) is 6.17 Å². The van der Waals surface area contributed by atoms with Crippen LogP contribution in [0.4, 0.5) is 10.6 Å². The molecule has 0 saturated carbocycles. The minimum atomic E-state index is -0.597. The number of nitrogens with one attached hydrogen (secondary N) is 4. The number of amides is 1. The summed E-state index contributed by atoms with van der Waals surface area (Å²) in [7, 11) is 3.26. The fourth-order valence-corrected chi connectivity index (χ4v) is 4.91. The fraction of sp³-hybridized carbons (Fsp3) is 0.520. The lowest BCUT2D eigenvalue weighted by Gasteiger charge is -2.34. The molecule has 1 aromatic heterocycles. The second-order valence-corrected chi connectivity index (χ2v) is 10.5. The zero-order chi connectivity index (χ0) is 25.9. The van der Waals surface area contributed by atoms with E-state index in [9.17, 15) is 4.79 Å². The highest BCUT2D eigenvalue weighted by Crippen LogP contribution is 2.39. The van der Waals surface area contributed by atoms with Crippen LogP contribution in [-0.2, 0) is 11.3 Å². The molecular weight excluding hydrogens is 484 g/mol. The van der Waals surface area contributed by atoms with Crippen molar-refractivity contribution in [3.05, 3.63) is 40.5 Å². The molecule has 36 heavy (non-hydrogen) atoms. The summed E-state index contributed by atoms with van der Waals surface area (Å²) in [5.41, 5.74) is 0.738. The molecule has 0 bridgehead atoms. The first kappa shape index (κ1) is 26.1. The number of nitrogens with zero attached hydrogens (tertiary/aromatic N) is 2. The zero-order valence-electron chi connectivity index (χ0n) is 21.4. The van der Waals surface area contributed by atoms with E-state index >= 15 is 0 Å². The summed E-state index contributed by atoms with van der Waals surface area (Å²) in [5.74, 6) is 2.31. The van der Waals surface area contributed by atoms with Crippen molar-refractivity contribution < 1.29 is 19.0 Å². The number of hydrogen-bond acceptors (Lipinski definition) is 8. The number of aromatic nitrogens is 1. The number of rotatable bonds is 8. The monoisotopic (exact) mass is 518 g/mol. The number of benzene rings is 1. The van der Waals surface area contributed by atoms with Crippen molar-refractivity contribution in [3.8, 4) is 11.5 Å². The van der Waals surface area contributed by atoms with E-state index in [1.54, 1.807) is 26.8 Å². The molecule has 0 radical (unpaired) electrons. The molecule has 1 amide bonds. The Morgan fingerprint density at radius 2 is 2.11 bits per heavy atom. The molecule has 2 aromatic rings. The summed E-state index contributed by atoms with van der Waals surface area (Å²) in [5, 5.41) is 10.4. The summed E-state index contributed by atoms with van der Waals surface area (Å²) in [4.78, 5) is 22.9. The van der Waals surface area contributed by atoms with E-state index < -0.39 is 17.2 Å². The van der Waals surface area contributed by atoms with Crippen LogP contribution in [0.15, 0.2) is 29.4 Å². The molecule has 2 atom stereocenters. The minimum Gasteiger partial charge on any atom is -0.497 e. The molecule has 1 fully saturated rings. The maximum absolute atomic E-state index is 12.8. The number of likely N-dealkylation sites (tertiary alicyclic amines) is 1. The maximum Gasteiger partial charge on any atom is 0.408 e. The third kappa shape index (κ3) is 5.88. The van der Waals surface area contributed by atoms with Crippen LogP contribution in [0.1, 0.15) is 44.5 Å². The van der Waals surface area contributed by atoms with Crippen LogP contribution in [0, 0.1) is 0 Å². The average Bonchev–Trinajstić information content (AvgIpc) is 3.42. The number of H-pyrrole nitrogens is 1. The second kappa shape index (κ2) is 10.6. The Morgan fingerprint density at radius 3 is 2.83 bits per heavy atom. The van der Waals surface area contributed by atoms with Crippen molar-refractivity contribution in [2.75, 3.05) is 39.2 Å². The lowest BCUT2D eigenvalue weighted by atomic mass is 9.98. The normalized spacial score (nSPS) is 21.6. The van der Waals surface area contributed by atoms with Gasteiger partial charge in [0, 0.05) is 44.0 Å². The number of ether oxygens (including phenoxy) is 3. The molecular formula is C25H35ClN6O4. The lowest BCUT2D eigenvalue weighted by Crippen LogP contribution is -2.57. The van der Waals surface area contributed by atoms with Gasteiger partial charge in [-0.2, -0.15) is 0 Å². The molecule has 196 valence electrons. The number of carbonyl (C=O) groups is 1. The predicted molar refractivity (Wildman–Crippen MR) is 140 cm³/mol. The van der Waals surface area contributed by atoms with E-state index in [2.05, 4.69) is 30.8 Å². The number of hydrogen-bond donors (Lipinski definition) is 4. The molecule has 1 unspecified atom stereocenters. The Labute approximate surface area is 216 Å². The fourth-order valence-electron chi connectivity index (χ4n) is 4.66. The highest BCUT2D eigenvalue weighted by molar-refractivity contribution is 6.32. The summed E-state index contributed by atoms with van der Waals surface area (Å²) in [6, 6.07) is 5.73. The van der Waals surface area contributed by atoms with Gasteiger partial charge in [0.15, 0.2) is 0 Å². The Morgan fingerprint density at radius 1 is 1.31 bits per heavy atom. The zero-order valence-corrected chi connectivity index (χ0v) is 22.2. The van der Waals surface area contributed by atoms with Gasteiger partial charge in [0.05, 0.1) is 36.7 Å². The van der Waals surface area contributed by atoms with Crippen LogP contribution in [0.5, 0.6) is 11.5 Å². The van der Waals surface area contributed by atoms with Crippen molar-refractivity contribution in [1.29, 1.82) is 0 Å². The number of carbonyl (C=O) groups excluding carboxylic acids is 1. The predicted octanol–water partition coefficient (Wildman–Crippen LogP) is 3.90. The molecule has 0 aliphatic carbocycles. The Kier molecular flexibility index (Phi) is 7.67. The third-order valence-electron chi connectivity index (χ3n) is 6.32. The van der Waals surface area contributed by atoms with Gasteiger partial charge in [-0.15, -0.1) is 0 Å². The van der Waals surface area contributed by atoms with Gasteiger partial charge >= 0.3 is 6.09 Å². The number of halogens is 1. The first-order valence-electron chi connectivity index (χ1n) is 11.9. The number of aromatic amines is 1. The summed E-state index contributed by atoms with van der Waals surface area (Å²) in [6.07, 6.45) is 3.46. The first-order chi connectivity index (χ1) is 17.1. The Balaban J connectivity index is 1.50. The Hall–Kier alpha value is -2.95. The van der Waals surface area contributed by atoms with Gasteiger partial charge in [-0.25, -0.2) is 4.79 Å². The molecule has 1 saturated heterocycles. The maximum atomic E-state index is 12.8. The topological polar surface area (TPSA) is 112 Å². The van der Waals surface area contributed by atoms with E-state index in [4.69, 9.17) is 25.8 Å². The molecule has 4 rings (SSSR count). The van der Waals surface area contributed by atoms with Gasteiger partial charge in [-0.1, -0.05) is 17.7 Å². The number of anilines is 1. The molecule has 10 nitrogen and oxygen atoms in total. The first-order valence-corrected chi connectivity index (χ1v) is 12.3. The molecule has 2 aliphatic heterocycles. The van der Waals surface area contributed by atoms with E-state index in [0.29, 0.717) is 24.7 Å². The smallest absolute Gasteiger partial charge is 0.408 e. The second-order valence-electron chi connectivity index (χ2n) is 10.1. The molecule has 11 heteroatoms. The molecule has 3 heterocycles. The standard InChI is InChI=1S/C25H35ClN6O4/c1-24(2,3)36-23(33)31-25(13-27-11-16-6-7-17(34-4)10-19(16)35-5)8-9-32(14-25)22-20-18(26)12-28-21(20)29-15-30-22/h6-7,10,12,15,22,27-28H,8-9,11,13-14H2,1-5H3,(H,29,30)(H,31,33)/t22-,25?/m1/s1. The lowest BCUT2D eigenvalue weighted by molar-refractivity contribution is 0.0453. The third-order valence-corrected chi connectivity index (χ3v) is 6.63. The van der Waals surface area contributed by atoms with Crippen LogP contribution in [0.3, 0.4) is 0 Å². The summed E-state index contributed by atoms with van der Waals surface area (Å²) >= 11 is 6.47. The van der Waals surface area contributed by atoms with Gasteiger partial charge < -0.3 is 35.1 Å². The number of alkyl carbamates (subject to hydrolysis) is 1. The van der Waals surface area contributed by atoms with Crippen molar-refractivity contribution in [2.45, 2.75) is 51.0 Å².